The van der Waals surface area contributed by atoms with Crippen molar-refractivity contribution < 1.29 is 32.5 Å². The molecule has 7 heteroatoms. The van der Waals surface area contributed by atoms with Gasteiger partial charge in [-0.25, -0.2) is 0 Å². The molecule has 0 amide bonds. The summed E-state index contributed by atoms with van der Waals surface area (Å²) in [6, 6.07) is 2.55. The second-order valence-electron chi connectivity index (χ2n) is 2.39. The molecule has 0 saturated heterocycles. The predicted octanol–water partition coefficient (Wildman–Crippen LogP) is 1.83. The zero-order chi connectivity index (χ0) is 11.5. The Morgan fingerprint density at radius 3 is 2.53 bits per heavy atom. The first kappa shape index (κ1) is 11.2. The van der Waals surface area contributed by atoms with E-state index in [1.807, 2.05) is 0 Å². The fourth-order valence-corrected chi connectivity index (χ4v) is 0.838. The van der Waals surface area contributed by atoms with Crippen LogP contribution in [-0.2, 0) is 4.79 Å². The van der Waals surface area contributed by atoms with E-state index in [-0.39, 0.29) is 6.47 Å². The minimum atomic E-state index is -4.84. The summed E-state index contributed by atoms with van der Waals surface area (Å²) >= 11 is 0. The topological polar surface area (TPSA) is 55.8 Å². The zero-order valence-corrected chi connectivity index (χ0v) is 7.12. The first-order chi connectivity index (χ1) is 6.92. The van der Waals surface area contributed by atoms with Crippen LogP contribution in [0.3, 0.4) is 0 Å². The molecule has 1 N–H and O–H groups in total. The maximum Gasteiger partial charge on any atom is 0.573 e. The molecular weight excluding hydrogens is 217 g/mol. The lowest BCUT2D eigenvalue weighted by Gasteiger charge is -2.09. The smallest absolute Gasteiger partial charge is 0.504 e. The Morgan fingerprint density at radius 2 is 2.00 bits per heavy atom. The van der Waals surface area contributed by atoms with Crippen molar-refractivity contribution in [3.05, 3.63) is 18.2 Å². The van der Waals surface area contributed by atoms with Gasteiger partial charge in [-0.3, -0.25) is 4.79 Å². The molecule has 0 heterocycles. The Balaban J connectivity index is 2.92. The maximum absolute atomic E-state index is 11.8. The van der Waals surface area contributed by atoms with E-state index in [4.69, 9.17) is 5.11 Å². The lowest BCUT2D eigenvalue weighted by molar-refractivity contribution is -0.274. The number of phenols is 1. The largest absolute Gasteiger partial charge is 0.573 e. The lowest BCUT2D eigenvalue weighted by Crippen LogP contribution is -2.17. The number of carbonyl (C=O) groups is 1. The molecular formula is C8H5F3O4. The van der Waals surface area contributed by atoms with E-state index < -0.39 is 23.6 Å². The molecule has 0 bridgehead atoms. The zero-order valence-electron chi connectivity index (χ0n) is 7.12. The van der Waals surface area contributed by atoms with Gasteiger partial charge in [0.1, 0.15) is 5.75 Å². The molecule has 1 aromatic rings. The van der Waals surface area contributed by atoms with Gasteiger partial charge in [0.15, 0.2) is 11.5 Å². The average Bonchev–Trinajstić information content (AvgIpc) is 2.09. The summed E-state index contributed by atoms with van der Waals surface area (Å²) in [5, 5.41) is 9.04. The van der Waals surface area contributed by atoms with Crippen LogP contribution in [-0.4, -0.2) is 17.9 Å². The molecule has 0 aliphatic heterocycles. The standard InChI is InChI=1S/C8H5F3O4/c9-8(10,11)15-5-1-2-6(13)7(3-5)14-4-12/h1-4,13H. The molecule has 0 saturated carbocycles. The summed E-state index contributed by atoms with van der Waals surface area (Å²) < 4.78 is 43.0. The highest BCUT2D eigenvalue weighted by molar-refractivity contribution is 5.52. The number of hydrogen-bond acceptors (Lipinski definition) is 4. The Morgan fingerprint density at radius 1 is 1.33 bits per heavy atom. The molecule has 15 heavy (non-hydrogen) atoms. The Labute approximate surface area is 81.8 Å². The second-order valence-corrected chi connectivity index (χ2v) is 2.39. The van der Waals surface area contributed by atoms with E-state index in [1.165, 1.54) is 0 Å². The Kier molecular flexibility index (Phi) is 3.03. The van der Waals surface area contributed by atoms with Gasteiger partial charge in [0.2, 0.25) is 0 Å². The number of benzene rings is 1. The third-order valence-electron chi connectivity index (χ3n) is 1.34. The van der Waals surface area contributed by atoms with Crippen LogP contribution in [0.2, 0.25) is 0 Å². The number of hydrogen-bond donors (Lipinski definition) is 1. The summed E-state index contributed by atoms with van der Waals surface area (Å²) in [5.41, 5.74) is 0. The van der Waals surface area contributed by atoms with Gasteiger partial charge in [0, 0.05) is 6.07 Å². The van der Waals surface area contributed by atoms with Gasteiger partial charge < -0.3 is 14.6 Å². The van der Waals surface area contributed by atoms with E-state index >= 15 is 0 Å². The third kappa shape index (κ3) is 3.37. The number of ether oxygens (including phenoxy) is 2. The first-order valence-electron chi connectivity index (χ1n) is 3.61. The van der Waals surface area contributed by atoms with Crippen LogP contribution in [0.25, 0.3) is 0 Å². The van der Waals surface area contributed by atoms with Crippen molar-refractivity contribution in [3.63, 3.8) is 0 Å². The number of halogens is 3. The summed E-state index contributed by atoms with van der Waals surface area (Å²) in [6.45, 7) is -0.0214. The summed E-state index contributed by atoms with van der Waals surface area (Å²) in [6.07, 6.45) is -4.84. The van der Waals surface area contributed by atoms with Crippen LogP contribution in [0.15, 0.2) is 18.2 Å². The molecule has 4 nitrogen and oxygen atoms in total. The molecule has 0 spiro atoms. The van der Waals surface area contributed by atoms with Crippen LogP contribution in [0.1, 0.15) is 0 Å². The van der Waals surface area contributed by atoms with Gasteiger partial charge in [-0.1, -0.05) is 0 Å². The molecule has 0 aliphatic rings. The number of alkyl halides is 3. The highest BCUT2D eigenvalue weighted by Gasteiger charge is 2.31. The van der Waals surface area contributed by atoms with Gasteiger partial charge in [-0.2, -0.15) is 0 Å². The summed E-state index contributed by atoms with van der Waals surface area (Å²) in [4.78, 5) is 9.93. The quantitative estimate of drug-likeness (QED) is 0.792. The van der Waals surface area contributed by atoms with Crippen molar-refractivity contribution >= 4 is 6.47 Å². The first-order valence-corrected chi connectivity index (χ1v) is 3.61. The fourth-order valence-electron chi connectivity index (χ4n) is 0.838. The highest BCUT2D eigenvalue weighted by Crippen LogP contribution is 2.32. The van der Waals surface area contributed by atoms with Crippen LogP contribution in [0.5, 0.6) is 17.2 Å². The van der Waals surface area contributed by atoms with Gasteiger partial charge >= 0.3 is 6.36 Å². The van der Waals surface area contributed by atoms with Crippen molar-refractivity contribution in [1.82, 2.24) is 0 Å². The van der Waals surface area contributed by atoms with Crippen molar-refractivity contribution in [3.8, 4) is 17.2 Å². The SMILES string of the molecule is O=COc1cc(OC(F)(F)F)ccc1O. The monoisotopic (exact) mass is 222 g/mol. The number of carbonyl (C=O) groups excluding carboxylic acids is 1. The van der Waals surface area contributed by atoms with E-state index in [0.29, 0.717) is 0 Å². The van der Waals surface area contributed by atoms with Gasteiger partial charge in [-0.15, -0.1) is 13.2 Å². The summed E-state index contributed by atoms with van der Waals surface area (Å²) in [7, 11) is 0. The van der Waals surface area contributed by atoms with Crippen LogP contribution < -0.4 is 9.47 Å². The lowest BCUT2D eigenvalue weighted by atomic mass is 10.3. The third-order valence-corrected chi connectivity index (χ3v) is 1.34. The van der Waals surface area contributed by atoms with E-state index in [1.54, 1.807) is 0 Å². The molecule has 0 atom stereocenters. The Bertz CT molecular complexity index is 361. The molecule has 1 rings (SSSR count). The van der Waals surface area contributed by atoms with Crippen LogP contribution in [0, 0.1) is 0 Å². The number of rotatable bonds is 3. The van der Waals surface area contributed by atoms with Gasteiger partial charge in [0.25, 0.3) is 6.47 Å². The molecule has 0 aliphatic carbocycles. The van der Waals surface area contributed by atoms with Crippen molar-refractivity contribution in [2.75, 3.05) is 0 Å². The number of aromatic hydroxyl groups is 1. The fraction of sp³-hybridized carbons (Fsp3) is 0.125. The van der Waals surface area contributed by atoms with Crippen LogP contribution in [0.4, 0.5) is 13.2 Å². The molecule has 0 unspecified atom stereocenters. The number of phenolic OH excluding ortho intramolecular Hbond substituents is 1. The van der Waals surface area contributed by atoms with Gasteiger partial charge in [-0.05, 0) is 12.1 Å². The molecule has 1 aromatic carbocycles. The van der Waals surface area contributed by atoms with Crippen molar-refractivity contribution in [2.24, 2.45) is 0 Å². The van der Waals surface area contributed by atoms with Crippen molar-refractivity contribution in [2.45, 2.75) is 6.36 Å². The van der Waals surface area contributed by atoms with E-state index in [9.17, 15) is 18.0 Å². The van der Waals surface area contributed by atoms with Gasteiger partial charge in [0.05, 0.1) is 0 Å². The molecule has 0 fully saturated rings. The second kappa shape index (κ2) is 4.07. The van der Waals surface area contributed by atoms with Crippen LogP contribution >= 0.6 is 0 Å². The van der Waals surface area contributed by atoms with Crippen molar-refractivity contribution in [1.29, 1.82) is 0 Å². The molecule has 82 valence electrons. The predicted molar refractivity (Wildman–Crippen MR) is 41.5 cm³/mol. The normalized spacial score (nSPS) is 10.9. The maximum atomic E-state index is 11.8. The Hall–Kier alpha value is -1.92. The average molecular weight is 222 g/mol. The summed E-state index contributed by atoms with van der Waals surface area (Å²) in [5.74, 6) is -1.46. The minimum Gasteiger partial charge on any atom is -0.504 e. The molecule has 0 aromatic heterocycles. The molecule has 0 radical (unpaired) electrons. The highest BCUT2D eigenvalue weighted by atomic mass is 19.4. The minimum absolute atomic E-state index is 0.0214. The van der Waals surface area contributed by atoms with E-state index in [2.05, 4.69) is 9.47 Å². The van der Waals surface area contributed by atoms with E-state index in [0.717, 1.165) is 18.2 Å².